The second-order valence-electron chi connectivity index (χ2n) is 5.71. The Labute approximate surface area is 165 Å². The van der Waals surface area contributed by atoms with Gasteiger partial charge in [-0.05, 0) is 36.0 Å². The largest absolute Gasteiger partial charge is 0.485 e. The summed E-state index contributed by atoms with van der Waals surface area (Å²) in [5.74, 6) is 1.25. The number of ether oxygens (including phenoxy) is 2. The van der Waals surface area contributed by atoms with Crippen molar-refractivity contribution in [3.8, 4) is 11.5 Å². The minimum absolute atomic E-state index is 0.165. The summed E-state index contributed by atoms with van der Waals surface area (Å²) in [6, 6.07) is 9.31. The number of benzene rings is 1. The van der Waals surface area contributed by atoms with E-state index in [1.165, 1.54) is 11.3 Å². The van der Waals surface area contributed by atoms with E-state index in [0.29, 0.717) is 22.7 Å². The fourth-order valence-electron chi connectivity index (χ4n) is 2.43. The average Bonchev–Trinajstić information content (AvgIpc) is 3.18. The summed E-state index contributed by atoms with van der Waals surface area (Å²) in [5, 5.41) is 1.92. The van der Waals surface area contributed by atoms with E-state index in [4.69, 9.17) is 9.47 Å². The molecule has 10 heteroatoms. The van der Waals surface area contributed by atoms with Gasteiger partial charge in [-0.15, -0.1) is 11.3 Å². The molecule has 5 nitrogen and oxygen atoms in total. The smallest absolute Gasteiger partial charge is 0.417 e. The number of hydrogen-bond acceptors (Lipinski definition) is 7. The number of carbonyl (C=O) groups is 1. The van der Waals surface area contributed by atoms with Gasteiger partial charge in [-0.1, -0.05) is 12.1 Å². The number of pyridine rings is 1. The summed E-state index contributed by atoms with van der Waals surface area (Å²) >= 11 is 1.98. The maximum atomic E-state index is 12.6. The molecule has 0 N–H and O–H groups in total. The minimum atomic E-state index is -4.47. The van der Waals surface area contributed by atoms with Crippen LogP contribution in [0.25, 0.3) is 0 Å². The van der Waals surface area contributed by atoms with E-state index in [9.17, 15) is 18.0 Å². The van der Waals surface area contributed by atoms with Crippen LogP contribution >= 0.6 is 23.1 Å². The molecule has 1 aliphatic rings. The average molecular weight is 424 g/mol. The van der Waals surface area contributed by atoms with Gasteiger partial charge in [0, 0.05) is 11.6 Å². The van der Waals surface area contributed by atoms with Gasteiger partial charge in [0.1, 0.15) is 22.3 Å². The third kappa shape index (κ3) is 3.97. The maximum absolute atomic E-state index is 12.6. The van der Waals surface area contributed by atoms with E-state index < -0.39 is 23.0 Å². The molecule has 0 radical (unpaired) electrons. The van der Waals surface area contributed by atoms with Crippen molar-refractivity contribution in [2.45, 2.75) is 17.3 Å². The lowest BCUT2D eigenvalue weighted by molar-refractivity contribution is -0.137. The molecule has 0 saturated heterocycles. The van der Waals surface area contributed by atoms with E-state index in [1.807, 2.05) is 12.1 Å². The first-order valence-corrected chi connectivity index (χ1v) is 9.69. The van der Waals surface area contributed by atoms with Gasteiger partial charge in [0.05, 0.1) is 5.56 Å². The molecule has 0 aliphatic carbocycles. The Morgan fingerprint density at radius 3 is 2.68 bits per heavy atom. The summed E-state index contributed by atoms with van der Waals surface area (Å²) in [4.78, 5) is 20.3. The van der Waals surface area contributed by atoms with E-state index in [-0.39, 0.29) is 17.3 Å². The molecule has 1 unspecified atom stereocenters. The Bertz CT molecular complexity index is 1010. The van der Waals surface area contributed by atoms with Crippen LogP contribution in [0.4, 0.5) is 13.2 Å². The van der Waals surface area contributed by atoms with Gasteiger partial charge in [0.15, 0.2) is 17.6 Å². The summed E-state index contributed by atoms with van der Waals surface area (Å²) in [6.45, 7) is 0.270. The fraction of sp³-hybridized carbons (Fsp3) is 0.167. The zero-order chi connectivity index (χ0) is 19.7. The third-order valence-electron chi connectivity index (χ3n) is 3.78. The lowest BCUT2D eigenvalue weighted by Crippen LogP contribution is -2.21. The van der Waals surface area contributed by atoms with Crippen LogP contribution in [0.15, 0.2) is 53.0 Å². The van der Waals surface area contributed by atoms with Crippen molar-refractivity contribution in [2.24, 2.45) is 0 Å². The molecule has 1 aromatic carbocycles. The van der Waals surface area contributed by atoms with Gasteiger partial charge in [-0.3, -0.25) is 4.79 Å². The van der Waals surface area contributed by atoms with E-state index in [0.717, 1.165) is 23.9 Å². The number of hydrogen-bond donors (Lipinski definition) is 0. The number of alkyl halides is 3. The van der Waals surface area contributed by atoms with Gasteiger partial charge in [-0.25, -0.2) is 9.97 Å². The Morgan fingerprint density at radius 1 is 1.18 bits per heavy atom. The molecule has 0 fully saturated rings. The lowest BCUT2D eigenvalue weighted by Gasteiger charge is -2.24. The van der Waals surface area contributed by atoms with Crippen LogP contribution < -0.4 is 9.47 Å². The van der Waals surface area contributed by atoms with E-state index in [1.54, 1.807) is 17.5 Å². The monoisotopic (exact) mass is 424 g/mol. The van der Waals surface area contributed by atoms with Crippen molar-refractivity contribution in [2.75, 3.05) is 6.61 Å². The standard InChI is InChI=1S/C18H11F3N2O3S2/c19-18(20,21)10-5-6-15(22-7-10)28-17(24)11-9-27-16(23-11)14-8-25-12-3-1-2-4-13(12)26-14/h1-7,9,14H,8H2. The summed E-state index contributed by atoms with van der Waals surface area (Å²) in [6.07, 6.45) is -4.20. The number of rotatable bonds is 3. The number of thioether (sulfide) groups is 1. The highest BCUT2D eigenvalue weighted by atomic mass is 32.2. The molecule has 4 rings (SSSR count). The molecular formula is C18H11F3N2O3S2. The van der Waals surface area contributed by atoms with Crippen LogP contribution in [0.1, 0.15) is 27.2 Å². The van der Waals surface area contributed by atoms with E-state index >= 15 is 0 Å². The van der Waals surface area contributed by atoms with Crippen molar-refractivity contribution in [3.63, 3.8) is 0 Å². The van der Waals surface area contributed by atoms with Crippen molar-refractivity contribution in [3.05, 3.63) is 64.2 Å². The molecule has 0 bridgehead atoms. The first-order chi connectivity index (χ1) is 13.4. The normalized spacial score (nSPS) is 16.0. The lowest BCUT2D eigenvalue weighted by atomic mass is 10.2. The third-order valence-corrected chi connectivity index (χ3v) is 5.56. The van der Waals surface area contributed by atoms with Gasteiger partial charge in [-0.2, -0.15) is 13.2 Å². The van der Waals surface area contributed by atoms with Gasteiger partial charge >= 0.3 is 6.18 Å². The second-order valence-corrected chi connectivity index (χ2v) is 7.59. The molecular weight excluding hydrogens is 413 g/mol. The highest BCUT2D eigenvalue weighted by molar-refractivity contribution is 8.14. The highest BCUT2D eigenvalue weighted by Crippen LogP contribution is 2.37. The summed E-state index contributed by atoms with van der Waals surface area (Å²) < 4.78 is 49.2. The first-order valence-electron chi connectivity index (χ1n) is 7.99. The zero-order valence-electron chi connectivity index (χ0n) is 14.0. The van der Waals surface area contributed by atoms with Crippen molar-refractivity contribution < 1.29 is 27.4 Å². The Morgan fingerprint density at radius 2 is 1.96 bits per heavy atom. The van der Waals surface area contributed by atoms with Gasteiger partial charge in [0.2, 0.25) is 5.12 Å². The number of thiazole rings is 1. The van der Waals surface area contributed by atoms with Crippen molar-refractivity contribution in [1.82, 2.24) is 9.97 Å². The second kappa shape index (κ2) is 7.44. The molecule has 0 spiro atoms. The number of halogens is 3. The SMILES string of the molecule is O=C(Sc1ccc(C(F)(F)F)cn1)c1csc(C2COc3ccccc3O2)n1. The summed E-state index contributed by atoms with van der Waals surface area (Å²) in [5.41, 5.74) is -0.677. The first kappa shape index (κ1) is 18.8. The molecule has 3 aromatic rings. The van der Waals surface area contributed by atoms with Crippen LogP contribution in [0.3, 0.4) is 0 Å². The zero-order valence-corrected chi connectivity index (χ0v) is 15.6. The fourth-order valence-corrected chi connectivity index (χ4v) is 3.95. The molecule has 0 amide bonds. The molecule has 2 aromatic heterocycles. The molecule has 3 heterocycles. The Hall–Kier alpha value is -2.59. The van der Waals surface area contributed by atoms with Gasteiger partial charge in [0.25, 0.3) is 0 Å². The predicted octanol–water partition coefficient (Wildman–Crippen LogP) is 5.00. The molecule has 144 valence electrons. The Kier molecular flexibility index (Phi) is 4.98. The Balaban J connectivity index is 1.44. The van der Waals surface area contributed by atoms with Crippen LogP contribution in [-0.2, 0) is 6.18 Å². The minimum Gasteiger partial charge on any atom is -0.485 e. The molecule has 28 heavy (non-hydrogen) atoms. The number of fused-ring (bicyclic) bond motifs is 1. The molecule has 1 atom stereocenters. The highest BCUT2D eigenvalue weighted by Gasteiger charge is 2.31. The van der Waals surface area contributed by atoms with Crippen molar-refractivity contribution >= 4 is 28.2 Å². The predicted molar refractivity (Wildman–Crippen MR) is 96.8 cm³/mol. The van der Waals surface area contributed by atoms with Crippen LogP contribution in [0, 0.1) is 0 Å². The van der Waals surface area contributed by atoms with Crippen molar-refractivity contribution in [1.29, 1.82) is 0 Å². The van der Waals surface area contributed by atoms with Crippen LogP contribution in [-0.4, -0.2) is 21.7 Å². The number of aromatic nitrogens is 2. The number of para-hydroxylation sites is 2. The molecule has 1 aliphatic heterocycles. The van der Waals surface area contributed by atoms with Gasteiger partial charge < -0.3 is 9.47 Å². The number of nitrogens with zero attached hydrogens (tertiary/aromatic N) is 2. The molecule has 0 saturated carbocycles. The van der Waals surface area contributed by atoms with Crippen LogP contribution in [0.5, 0.6) is 11.5 Å². The number of carbonyl (C=O) groups excluding carboxylic acids is 1. The topological polar surface area (TPSA) is 61.3 Å². The van der Waals surface area contributed by atoms with Crippen LogP contribution in [0.2, 0.25) is 0 Å². The van der Waals surface area contributed by atoms with E-state index in [2.05, 4.69) is 9.97 Å². The summed E-state index contributed by atoms with van der Waals surface area (Å²) in [7, 11) is 0. The quantitative estimate of drug-likeness (QED) is 0.552. The maximum Gasteiger partial charge on any atom is 0.417 e.